The van der Waals surface area contributed by atoms with E-state index >= 15 is 0 Å². The summed E-state index contributed by atoms with van der Waals surface area (Å²) in [5.74, 6) is -0.00639. The van der Waals surface area contributed by atoms with Gasteiger partial charge in [-0.25, -0.2) is 4.98 Å². The number of amides is 2. The van der Waals surface area contributed by atoms with Gasteiger partial charge in [0.05, 0.1) is 13.7 Å². The lowest BCUT2D eigenvalue weighted by atomic mass is 10.1. The Bertz CT molecular complexity index is 727. The molecule has 1 aromatic heterocycles. The fraction of sp³-hybridized carbons (Fsp3) is 0.278. The average molecular weight is 327 g/mol. The van der Waals surface area contributed by atoms with E-state index in [0.29, 0.717) is 18.0 Å². The summed E-state index contributed by atoms with van der Waals surface area (Å²) >= 11 is 0. The Morgan fingerprint density at radius 3 is 2.50 bits per heavy atom. The molecule has 0 aliphatic carbocycles. The largest absolute Gasteiger partial charge is 0.481 e. The predicted molar refractivity (Wildman–Crippen MR) is 90.9 cm³/mol. The van der Waals surface area contributed by atoms with E-state index in [2.05, 4.69) is 15.6 Å². The summed E-state index contributed by atoms with van der Waals surface area (Å²) in [6.45, 7) is 4.20. The highest BCUT2D eigenvalue weighted by Gasteiger charge is 2.09. The molecular weight excluding hydrogens is 306 g/mol. The van der Waals surface area contributed by atoms with Gasteiger partial charge in [-0.05, 0) is 42.7 Å². The molecule has 0 saturated heterocycles. The van der Waals surface area contributed by atoms with Gasteiger partial charge in [-0.15, -0.1) is 0 Å². The maximum atomic E-state index is 12.0. The van der Waals surface area contributed by atoms with E-state index in [-0.39, 0.29) is 18.4 Å². The van der Waals surface area contributed by atoms with Crippen molar-refractivity contribution in [3.63, 3.8) is 0 Å². The maximum absolute atomic E-state index is 12.0. The highest BCUT2D eigenvalue weighted by Crippen LogP contribution is 2.09. The molecule has 0 fully saturated rings. The number of pyridine rings is 1. The molecule has 6 heteroatoms. The molecule has 0 unspecified atom stereocenters. The topological polar surface area (TPSA) is 80.3 Å². The van der Waals surface area contributed by atoms with Crippen molar-refractivity contribution in [3.8, 4) is 5.88 Å². The Kier molecular flexibility index (Phi) is 5.89. The van der Waals surface area contributed by atoms with Crippen LogP contribution in [0.4, 0.5) is 0 Å². The van der Waals surface area contributed by atoms with E-state index < -0.39 is 0 Å². The lowest BCUT2D eigenvalue weighted by molar-refractivity contribution is -0.120. The Labute approximate surface area is 141 Å². The molecule has 0 bridgehead atoms. The number of carbonyl (C=O) groups is 2. The second kappa shape index (κ2) is 8.10. The van der Waals surface area contributed by atoms with Crippen LogP contribution >= 0.6 is 0 Å². The van der Waals surface area contributed by atoms with Crippen molar-refractivity contribution >= 4 is 11.8 Å². The molecule has 0 atom stereocenters. The molecule has 0 aliphatic rings. The molecule has 6 nitrogen and oxygen atoms in total. The number of carbonyl (C=O) groups excluding carboxylic acids is 2. The van der Waals surface area contributed by atoms with Crippen LogP contribution in [-0.2, 0) is 11.3 Å². The Balaban J connectivity index is 1.79. The average Bonchev–Trinajstić information content (AvgIpc) is 2.60. The van der Waals surface area contributed by atoms with Crippen LogP contribution in [0, 0.1) is 13.8 Å². The number of methoxy groups -OCH3 is 1. The summed E-state index contributed by atoms with van der Waals surface area (Å²) in [6, 6.07) is 8.99. The number of aryl methyl sites for hydroxylation is 2. The van der Waals surface area contributed by atoms with Gasteiger partial charge in [0.15, 0.2) is 0 Å². The van der Waals surface area contributed by atoms with Gasteiger partial charge in [0, 0.05) is 24.4 Å². The van der Waals surface area contributed by atoms with Crippen LogP contribution in [0.1, 0.15) is 27.0 Å². The van der Waals surface area contributed by atoms with Crippen molar-refractivity contribution in [2.75, 3.05) is 13.7 Å². The predicted octanol–water partition coefficient (Wildman–Crippen LogP) is 1.75. The summed E-state index contributed by atoms with van der Waals surface area (Å²) in [5, 5.41) is 5.34. The number of aromatic nitrogens is 1. The Morgan fingerprint density at radius 2 is 1.88 bits per heavy atom. The fourth-order valence-electron chi connectivity index (χ4n) is 2.04. The molecule has 2 amide bonds. The number of benzene rings is 1. The van der Waals surface area contributed by atoms with Crippen molar-refractivity contribution in [1.82, 2.24) is 15.6 Å². The van der Waals surface area contributed by atoms with Crippen LogP contribution in [0.3, 0.4) is 0 Å². The molecule has 1 aromatic carbocycles. The molecule has 0 saturated carbocycles. The van der Waals surface area contributed by atoms with Crippen LogP contribution in [0.25, 0.3) is 0 Å². The van der Waals surface area contributed by atoms with Crippen LogP contribution in [0.2, 0.25) is 0 Å². The second-order valence-corrected chi connectivity index (χ2v) is 5.47. The Morgan fingerprint density at radius 1 is 1.08 bits per heavy atom. The van der Waals surface area contributed by atoms with E-state index in [1.807, 2.05) is 32.0 Å². The molecule has 1 heterocycles. The lowest BCUT2D eigenvalue weighted by Crippen LogP contribution is -2.36. The minimum atomic E-state index is -0.264. The number of nitrogens with one attached hydrogen (secondary N) is 2. The van der Waals surface area contributed by atoms with Gasteiger partial charge in [-0.2, -0.15) is 0 Å². The smallest absolute Gasteiger partial charge is 0.251 e. The van der Waals surface area contributed by atoms with Crippen LogP contribution < -0.4 is 15.4 Å². The summed E-state index contributed by atoms with van der Waals surface area (Å²) in [7, 11) is 1.54. The summed E-state index contributed by atoms with van der Waals surface area (Å²) in [4.78, 5) is 27.9. The normalized spacial score (nSPS) is 10.1. The van der Waals surface area contributed by atoms with Crippen LogP contribution in [0.5, 0.6) is 5.88 Å². The van der Waals surface area contributed by atoms with Crippen molar-refractivity contribution < 1.29 is 14.3 Å². The molecule has 0 aliphatic heterocycles. The summed E-state index contributed by atoms with van der Waals surface area (Å²) in [6.07, 6.45) is 1.63. The van der Waals surface area contributed by atoms with Gasteiger partial charge >= 0.3 is 0 Å². The molecule has 2 rings (SSSR count). The molecule has 2 N–H and O–H groups in total. The SMILES string of the molecule is COc1ccc(CNC(=O)CNC(=O)c2ccc(C)c(C)c2)cn1. The van der Waals surface area contributed by atoms with Gasteiger partial charge < -0.3 is 15.4 Å². The third-order valence-corrected chi connectivity index (χ3v) is 3.68. The quantitative estimate of drug-likeness (QED) is 0.847. The number of hydrogen-bond acceptors (Lipinski definition) is 4. The molecule has 24 heavy (non-hydrogen) atoms. The molecule has 0 radical (unpaired) electrons. The third kappa shape index (κ3) is 4.81. The molecular formula is C18H21N3O3. The maximum Gasteiger partial charge on any atom is 0.251 e. The number of nitrogens with zero attached hydrogens (tertiary/aromatic N) is 1. The first-order valence-electron chi connectivity index (χ1n) is 7.60. The van der Waals surface area contributed by atoms with Gasteiger partial charge in [0.25, 0.3) is 5.91 Å². The zero-order chi connectivity index (χ0) is 17.5. The standard InChI is InChI=1S/C18H21N3O3/c1-12-4-6-15(8-13(12)2)18(23)21-11-16(22)19-9-14-5-7-17(24-3)20-10-14/h4-8,10H,9,11H2,1-3H3,(H,19,22)(H,21,23). The summed E-state index contributed by atoms with van der Waals surface area (Å²) in [5.41, 5.74) is 3.56. The number of rotatable bonds is 6. The zero-order valence-electron chi connectivity index (χ0n) is 14.1. The van der Waals surface area contributed by atoms with Crippen LogP contribution in [-0.4, -0.2) is 30.5 Å². The monoisotopic (exact) mass is 327 g/mol. The van der Waals surface area contributed by atoms with Crippen molar-refractivity contribution in [2.45, 2.75) is 20.4 Å². The van der Waals surface area contributed by atoms with Crippen LogP contribution in [0.15, 0.2) is 36.5 Å². The van der Waals surface area contributed by atoms with E-state index in [9.17, 15) is 9.59 Å². The third-order valence-electron chi connectivity index (χ3n) is 3.68. The zero-order valence-corrected chi connectivity index (χ0v) is 14.1. The van der Waals surface area contributed by atoms with Crippen molar-refractivity contribution in [2.24, 2.45) is 0 Å². The van der Waals surface area contributed by atoms with Gasteiger partial charge in [-0.1, -0.05) is 12.1 Å². The first-order chi connectivity index (χ1) is 11.5. The molecule has 2 aromatic rings. The Hall–Kier alpha value is -2.89. The van der Waals surface area contributed by atoms with E-state index in [1.165, 1.54) is 0 Å². The first-order valence-corrected chi connectivity index (χ1v) is 7.60. The van der Waals surface area contributed by atoms with Crippen molar-refractivity contribution in [3.05, 3.63) is 58.8 Å². The lowest BCUT2D eigenvalue weighted by Gasteiger charge is -2.08. The van der Waals surface area contributed by atoms with Gasteiger partial charge in [0.2, 0.25) is 11.8 Å². The number of hydrogen-bond donors (Lipinski definition) is 2. The van der Waals surface area contributed by atoms with Gasteiger partial charge in [0.1, 0.15) is 0 Å². The van der Waals surface area contributed by atoms with E-state index in [4.69, 9.17) is 4.74 Å². The number of ether oxygens (including phenoxy) is 1. The van der Waals surface area contributed by atoms with Crippen molar-refractivity contribution in [1.29, 1.82) is 0 Å². The molecule has 0 spiro atoms. The minimum Gasteiger partial charge on any atom is -0.481 e. The highest BCUT2D eigenvalue weighted by atomic mass is 16.5. The molecule has 126 valence electrons. The van der Waals surface area contributed by atoms with E-state index in [1.54, 1.807) is 25.4 Å². The highest BCUT2D eigenvalue weighted by molar-refractivity contribution is 5.96. The minimum absolute atomic E-state index is 0.0741. The second-order valence-electron chi connectivity index (χ2n) is 5.47. The summed E-state index contributed by atoms with van der Waals surface area (Å²) < 4.78 is 4.97. The first kappa shape index (κ1) is 17.5. The van der Waals surface area contributed by atoms with Gasteiger partial charge in [-0.3, -0.25) is 9.59 Å². The van der Waals surface area contributed by atoms with E-state index in [0.717, 1.165) is 16.7 Å². The fourth-order valence-corrected chi connectivity index (χ4v) is 2.04.